The number of carbonyl (C=O) groups excluding carboxylic acids is 1. The molecule has 0 fully saturated rings. The van der Waals surface area contributed by atoms with Gasteiger partial charge in [0.2, 0.25) is 5.78 Å². The van der Waals surface area contributed by atoms with Crippen molar-refractivity contribution in [2.24, 2.45) is 0 Å². The van der Waals surface area contributed by atoms with Gasteiger partial charge in [-0.1, -0.05) is 43.7 Å². The Morgan fingerprint density at radius 2 is 1.65 bits per heavy atom. The van der Waals surface area contributed by atoms with Crippen LogP contribution in [-0.2, 0) is 9.59 Å². The minimum Gasteiger partial charge on any atom is -0.491 e. The van der Waals surface area contributed by atoms with Crippen LogP contribution in [0, 0.1) is 13.8 Å². The minimum atomic E-state index is -1.79. The highest BCUT2D eigenvalue weighted by Crippen LogP contribution is 2.30. The normalized spacial score (nSPS) is 12.5. The molecule has 1 heterocycles. The Morgan fingerprint density at radius 3 is 2.19 bits per heavy atom. The molecule has 2 unspecified atom stereocenters. The number of hydrogen-bond acceptors (Lipinski definition) is 8. The van der Waals surface area contributed by atoms with E-state index < -0.39 is 30.6 Å². The largest absolute Gasteiger partial charge is 0.491 e. The Bertz CT molecular complexity index is 1210. The van der Waals surface area contributed by atoms with Crippen LogP contribution in [-0.4, -0.2) is 69.5 Å². The SMILES string of the molecule is Cc1ccc(C(=O)c2oc3ccc(OCC(O)CNC(C)C)cc3c2C)cc1.O=C(O)CC(O)C(=O)O. The van der Waals surface area contributed by atoms with Crippen molar-refractivity contribution in [2.45, 2.75) is 52.4 Å². The number of carboxylic acid groups (broad SMARTS) is 2. The van der Waals surface area contributed by atoms with Gasteiger partial charge in [-0.2, -0.15) is 0 Å². The summed E-state index contributed by atoms with van der Waals surface area (Å²) in [5, 5.41) is 38.2. The van der Waals surface area contributed by atoms with Crippen molar-refractivity contribution >= 4 is 28.7 Å². The quantitative estimate of drug-likeness (QED) is 0.240. The van der Waals surface area contributed by atoms with Crippen molar-refractivity contribution in [1.29, 1.82) is 0 Å². The molecule has 0 saturated carbocycles. The van der Waals surface area contributed by atoms with Gasteiger partial charge in [0.1, 0.15) is 24.0 Å². The first-order valence-corrected chi connectivity index (χ1v) is 11.7. The first-order chi connectivity index (χ1) is 17.4. The van der Waals surface area contributed by atoms with Crippen LogP contribution in [0.3, 0.4) is 0 Å². The van der Waals surface area contributed by atoms with Gasteiger partial charge in [0, 0.05) is 29.1 Å². The highest BCUT2D eigenvalue weighted by atomic mass is 16.5. The highest BCUT2D eigenvalue weighted by molar-refractivity contribution is 6.10. The zero-order chi connectivity index (χ0) is 27.7. The molecule has 10 nitrogen and oxygen atoms in total. The summed E-state index contributed by atoms with van der Waals surface area (Å²) < 4.78 is 11.5. The number of aryl methyl sites for hydroxylation is 2. The second-order valence-electron chi connectivity index (χ2n) is 8.89. The summed E-state index contributed by atoms with van der Waals surface area (Å²) in [5.74, 6) is -2.00. The van der Waals surface area contributed by atoms with Gasteiger partial charge >= 0.3 is 11.9 Å². The van der Waals surface area contributed by atoms with E-state index in [9.17, 15) is 19.5 Å². The number of carboxylic acids is 2. The Labute approximate surface area is 214 Å². The monoisotopic (exact) mass is 515 g/mol. The first kappa shape index (κ1) is 29.5. The molecular weight excluding hydrogens is 482 g/mol. The van der Waals surface area contributed by atoms with E-state index in [-0.39, 0.29) is 12.4 Å². The summed E-state index contributed by atoms with van der Waals surface area (Å²) in [7, 11) is 0. The summed E-state index contributed by atoms with van der Waals surface area (Å²) in [5.41, 5.74) is 3.13. The van der Waals surface area contributed by atoms with Crippen LogP contribution in [0.15, 0.2) is 46.9 Å². The maximum absolute atomic E-state index is 12.8. The van der Waals surface area contributed by atoms with Gasteiger partial charge in [0.15, 0.2) is 11.9 Å². The van der Waals surface area contributed by atoms with Crippen molar-refractivity contribution < 1.29 is 44.0 Å². The molecule has 3 aromatic rings. The molecule has 1 aromatic heterocycles. The lowest BCUT2D eigenvalue weighted by atomic mass is 10.0. The van der Waals surface area contributed by atoms with E-state index in [4.69, 9.17) is 24.5 Å². The number of hydrogen-bond donors (Lipinski definition) is 5. The predicted molar refractivity (Wildman–Crippen MR) is 136 cm³/mol. The molecule has 10 heteroatoms. The highest BCUT2D eigenvalue weighted by Gasteiger charge is 2.20. The number of aliphatic hydroxyl groups is 2. The maximum atomic E-state index is 12.8. The number of ketones is 1. The predicted octanol–water partition coefficient (Wildman–Crippen LogP) is 2.92. The molecule has 0 radical (unpaired) electrons. The van der Waals surface area contributed by atoms with Crippen LogP contribution in [0.2, 0.25) is 0 Å². The molecule has 0 spiro atoms. The number of carbonyl (C=O) groups is 3. The number of ether oxygens (including phenoxy) is 1. The number of furan rings is 1. The van der Waals surface area contributed by atoms with E-state index in [1.54, 1.807) is 12.1 Å². The lowest BCUT2D eigenvalue weighted by Crippen LogP contribution is -2.35. The molecule has 3 rings (SSSR count). The fourth-order valence-corrected chi connectivity index (χ4v) is 3.22. The van der Waals surface area contributed by atoms with Gasteiger partial charge in [-0.15, -0.1) is 0 Å². The van der Waals surface area contributed by atoms with Crippen LogP contribution in [0.4, 0.5) is 0 Å². The summed E-state index contributed by atoms with van der Waals surface area (Å²) >= 11 is 0. The van der Waals surface area contributed by atoms with E-state index in [1.807, 2.05) is 58.0 Å². The standard InChI is InChI=1S/C23H27NO4.C4H6O5/c1-14(2)24-12-18(25)13-27-19-9-10-21-20(11-19)16(4)23(28-21)22(26)17-7-5-15(3)6-8-17;5-2(4(8)9)1-3(6)7/h5-11,14,18,24-25H,12-13H2,1-4H3;2,5H,1H2,(H,6,7)(H,8,9). The van der Waals surface area contributed by atoms with Crippen LogP contribution in [0.1, 0.15) is 47.5 Å². The van der Waals surface area contributed by atoms with Crippen LogP contribution in [0.5, 0.6) is 5.75 Å². The molecule has 0 amide bonds. The Morgan fingerprint density at radius 1 is 1.00 bits per heavy atom. The van der Waals surface area contributed by atoms with Crippen molar-refractivity contribution in [3.05, 3.63) is 64.9 Å². The van der Waals surface area contributed by atoms with Crippen LogP contribution in [0.25, 0.3) is 11.0 Å². The Hall–Kier alpha value is -3.73. The van der Waals surface area contributed by atoms with Crippen molar-refractivity contribution in [2.75, 3.05) is 13.2 Å². The zero-order valence-electron chi connectivity index (χ0n) is 21.2. The molecule has 0 bridgehead atoms. The fraction of sp³-hybridized carbons (Fsp3) is 0.370. The second kappa shape index (κ2) is 13.5. The average molecular weight is 516 g/mol. The summed E-state index contributed by atoms with van der Waals surface area (Å²) in [4.78, 5) is 32.2. The van der Waals surface area contributed by atoms with Gasteiger partial charge in [0.05, 0.1) is 6.42 Å². The molecule has 2 atom stereocenters. The van der Waals surface area contributed by atoms with Crippen molar-refractivity contribution in [1.82, 2.24) is 5.32 Å². The minimum absolute atomic E-state index is 0.133. The van der Waals surface area contributed by atoms with Crippen LogP contribution < -0.4 is 10.1 Å². The molecule has 200 valence electrons. The zero-order valence-corrected chi connectivity index (χ0v) is 21.2. The number of aliphatic carboxylic acids is 2. The molecule has 0 aliphatic carbocycles. The van der Waals surface area contributed by atoms with E-state index in [2.05, 4.69) is 5.32 Å². The number of aliphatic hydroxyl groups excluding tert-OH is 2. The summed E-state index contributed by atoms with van der Waals surface area (Å²) in [6.45, 7) is 8.57. The fourth-order valence-electron chi connectivity index (χ4n) is 3.22. The molecule has 2 aromatic carbocycles. The maximum Gasteiger partial charge on any atom is 0.333 e. The van der Waals surface area contributed by atoms with Gasteiger partial charge < -0.3 is 34.9 Å². The molecule has 0 saturated heterocycles. The number of benzene rings is 2. The molecule has 0 aliphatic rings. The van der Waals surface area contributed by atoms with Gasteiger partial charge in [-0.3, -0.25) is 9.59 Å². The second-order valence-corrected chi connectivity index (χ2v) is 8.89. The topological polar surface area (TPSA) is 167 Å². The molecule has 37 heavy (non-hydrogen) atoms. The molecular formula is C27H33NO9. The average Bonchev–Trinajstić information content (AvgIpc) is 3.17. The van der Waals surface area contributed by atoms with E-state index in [0.717, 1.165) is 16.5 Å². The van der Waals surface area contributed by atoms with Gasteiger partial charge in [-0.05, 0) is 32.0 Å². The summed E-state index contributed by atoms with van der Waals surface area (Å²) in [6.07, 6.45) is -3.14. The molecule has 0 aliphatic heterocycles. The van der Waals surface area contributed by atoms with E-state index in [1.165, 1.54) is 0 Å². The van der Waals surface area contributed by atoms with Crippen molar-refractivity contribution in [3.63, 3.8) is 0 Å². The first-order valence-electron chi connectivity index (χ1n) is 11.7. The number of fused-ring (bicyclic) bond motifs is 1. The number of rotatable bonds is 11. The van der Waals surface area contributed by atoms with E-state index >= 15 is 0 Å². The van der Waals surface area contributed by atoms with Crippen LogP contribution >= 0.6 is 0 Å². The lowest BCUT2D eigenvalue weighted by Gasteiger charge is -2.15. The smallest absolute Gasteiger partial charge is 0.333 e. The number of nitrogens with one attached hydrogen (secondary N) is 1. The third kappa shape index (κ3) is 9.02. The third-order valence-corrected chi connectivity index (χ3v) is 5.28. The molecule has 5 N–H and O–H groups in total. The van der Waals surface area contributed by atoms with Gasteiger partial charge in [-0.25, -0.2) is 4.79 Å². The van der Waals surface area contributed by atoms with Crippen molar-refractivity contribution in [3.8, 4) is 5.75 Å². The Balaban J connectivity index is 0.000000458. The summed E-state index contributed by atoms with van der Waals surface area (Å²) in [6, 6.07) is 13.2. The lowest BCUT2D eigenvalue weighted by molar-refractivity contribution is -0.152. The third-order valence-electron chi connectivity index (χ3n) is 5.28. The Kier molecular flexibility index (Phi) is 10.8. The van der Waals surface area contributed by atoms with Gasteiger partial charge in [0.25, 0.3) is 0 Å². The van der Waals surface area contributed by atoms with E-state index in [0.29, 0.717) is 35.2 Å².